The minimum atomic E-state index is -0.247. The predicted octanol–water partition coefficient (Wildman–Crippen LogP) is -1.28. The van der Waals surface area contributed by atoms with Gasteiger partial charge < -0.3 is 24.8 Å². The summed E-state index contributed by atoms with van der Waals surface area (Å²) in [4.78, 5) is 38.4. The molecular weight excluding hydrogens is 611 g/mol. The van der Waals surface area contributed by atoms with Gasteiger partial charge in [-0.25, -0.2) is 4.98 Å². The van der Waals surface area contributed by atoms with Crippen LogP contribution in [0.4, 0.5) is 17.2 Å². The van der Waals surface area contributed by atoms with E-state index in [1.54, 1.807) is 29.1 Å². The van der Waals surface area contributed by atoms with Crippen LogP contribution < -0.4 is 15.8 Å². The number of aliphatic hydroxyl groups is 1. The zero-order chi connectivity index (χ0) is 34.3. The smallest absolute Gasteiger partial charge is 0.274 e. The molecule has 2 N–H and O–H groups in total. The van der Waals surface area contributed by atoms with Crippen LogP contribution in [0.5, 0.6) is 0 Å². The third-order valence-corrected chi connectivity index (χ3v) is 13.5. The summed E-state index contributed by atoms with van der Waals surface area (Å²) < 4.78 is 1.54. The van der Waals surface area contributed by atoms with Crippen LogP contribution >= 0.6 is 11.3 Å². The highest BCUT2D eigenvalue weighted by Crippen LogP contribution is 2.61. The molecule has 3 aromatic heterocycles. The van der Waals surface area contributed by atoms with Crippen LogP contribution in [0.1, 0.15) is 42.7 Å². The zero-order valence-electron chi connectivity index (χ0n) is 29.4. The van der Waals surface area contributed by atoms with Crippen LogP contribution in [-0.2, 0) is 31.7 Å². The van der Waals surface area contributed by atoms with E-state index in [1.807, 2.05) is 41.4 Å². The van der Waals surface area contributed by atoms with E-state index in [0.29, 0.717) is 35.2 Å². The summed E-state index contributed by atoms with van der Waals surface area (Å²) in [5.41, 5.74) is 6.91. The summed E-state index contributed by atoms with van der Waals surface area (Å²) in [5, 5.41) is 14.1. The van der Waals surface area contributed by atoms with Crippen LogP contribution in [0.2, 0.25) is 10.4 Å². The summed E-state index contributed by atoms with van der Waals surface area (Å²) >= 11 is 1.67. The molecule has 4 aromatic rings. The van der Waals surface area contributed by atoms with Gasteiger partial charge in [-0.05, 0) is 60.3 Å². The predicted molar refractivity (Wildman–Crippen MR) is 213 cm³/mol. The first-order chi connectivity index (χ1) is 22.6. The molecular formula is C33H41B6N5O3S. The number of benzene rings is 1. The van der Waals surface area contributed by atoms with Crippen LogP contribution in [0.15, 0.2) is 53.6 Å². The van der Waals surface area contributed by atoms with Gasteiger partial charge in [-0.2, -0.15) is 0 Å². The topological polar surface area (TPSA) is 90.7 Å². The molecule has 3 aliphatic rings. The van der Waals surface area contributed by atoms with Crippen molar-refractivity contribution in [2.24, 2.45) is 7.05 Å². The first-order valence-electron chi connectivity index (χ1n) is 17.0. The number of amides is 1. The fourth-order valence-electron chi connectivity index (χ4n) is 8.22. The third kappa shape index (κ3) is 5.07. The van der Waals surface area contributed by atoms with Crippen molar-refractivity contribution < 1.29 is 9.90 Å². The number of likely N-dealkylation sites (tertiary alicyclic amines) is 1. The molecule has 1 saturated heterocycles. The number of hydrogen-bond donors (Lipinski definition) is 2. The molecule has 240 valence electrons. The van der Waals surface area contributed by atoms with Gasteiger partial charge in [0.1, 0.15) is 27.2 Å². The van der Waals surface area contributed by atoms with Gasteiger partial charge in [0.15, 0.2) is 0 Å². The molecule has 1 aliphatic carbocycles. The molecule has 1 amide bonds. The second-order valence-electron chi connectivity index (χ2n) is 15.8. The average molecular weight is 653 g/mol. The second-order valence-corrected chi connectivity index (χ2v) is 16.9. The van der Waals surface area contributed by atoms with Crippen LogP contribution in [-0.4, -0.2) is 99.2 Å². The number of fused-ring (bicyclic) bond motifs is 3. The summed E-state index contributed by atoms with van der Waals surface area (Å²) in [5.74, 6) is 1.09. The molecule has 1 fully saturated rings. The molecule has 0 radical (unpaired) electrons. The SMILES string of the molecule is BC1(B)Cc2sc3c(c2C(B)(B)C1(B)B)CCN(c1cccc(-c2cc(Nc4ccc(C5CN(C)C5)cn4)c(=O)n(C)c2)c1CO)C3=O. The Morgan fingerprint density at radius 1 is 1.06 bits per heavy atom. The zero-order valence-corrected chi connectivity index (χ0v) is 30.2. The Morgan fingerprint density at radius 2 is 1.81 bits per heavy atom. The second kappa shape index (κ2) is 11.6. The first kappa shape index (κ1) is 33.1. The number of carbonyl (C=O) groups is 1. The number of nitrogens with zero attached hydrogens (tertiary/aromatic N) is 4. The molecule has 0 saturated carbocycles. The lowest BCUT2D eigenvalue weighted by Gasteiger charge is -2.58. The van der Waals surface area contributed by atoms with E-state index in [0.717, 1.165) is 41.9 Å². The van der Waals surface area contributed by atoms with Crippen molar-refractivity contribution in [1.29, 1.82) is 0 Å². The van der Waals surface area contributed by atoms with E-state index in [9.17, 15) is 14.7 Å². The fraction of sp³-hybridized carbons (Fsp3) is 0.364. The standard InChI is InChI=1S/C33H41B6N5O3S/c1-42-13-19(14-42)17-6-7-26(40-12-17)41-23-10-18(15-43(2)29(23)46)20-4-3-5-24(22(20)16-45)44-9-8-21-27-25(48-28(21)30(44)47)11-31(34,35)33(38,39)32(27,36)37/h3-7,10,12,15,19,45H,8-9,11,13-14,16,34-39H2,1-2H3,(H,40,41). The maximum absolute atomic E-state index is 14.3. The molecule has 0 spiro atoms. The quantitative estimate of drug-likeness (QED) is 0.253. The van der Waals surface area contributed by atoms with Gasteiger partial charge in [-0.1, -0.05) is 33.8 Å². The lowest BCUT2D eigenvalue weighted by Crippen LogP contribution is -2.54. The van der Waals surface area contributed by atoms with E-state index < -0.39 is 0 Å². The summed E-state index contributed by atoms with van der Waals surface area (Å²) in [7, 11) is 18.0. The highest BCUT2D eigenvalue weighted by atomic mass is 32.1. The van der Waals surface area contributed by atoms with E-state index in [2.05, 4.69) is 75.4 Å². The number of aromatic nitrogens is 2. The Hall–Kier alpha value is -3.40. The summed E-state index contributed by atoms with van der Waals surface area (Å²) in [6.07, 6.45) is 5.40. The molecule has 48 heavy (non-hydrogen) atoms. The number of rotatable bonds is 6. The molecule has 5 heterocycles. The van der Waals surface area contributed by atoms with Gasteiger partial charge in [0, 0.05) is 61.0 Å². The molecule has 2 aliphatic heterocycles. The van der Waals surface area contributed by atoms with Gasteiger partial charge in [-0.3, -0.25) is 9.59 Å². The van der Waals surface area contributed by atoms with E-state index in [4.69, 9.17) is 0 Å². The van der Waals surface area contributed by atoms with Crippen molar-refractivity contribution >= 4 is 81.5 Å². The minimum Gasteiger partial charge on any atom is -0.392 e. The van der Waals surface area contributed by atoms with Crippen molar-refractivity contribution in [1.82, 2.24) is 14.5 Å². The molecule has 0 atom stereocenters. The van der Waals surface area contributed by atoms with Crippen molar-refractivity contribution in [3.63, 3.8) is 0 Å². The number of pyridine rings is 2. The average Bonchev–Trinajstić information content (AvgIpc) is 3.40. The third-order valence-electron chi connectivity index (χ3n) is 12.3. The van der Waals surface area contributed by atoms with Crippen molar-refractivity contribution in [3.05, 3.63) is 91.2 Å². The summed E-state index contributed by atoms with van der Waals surface area (Å²) in [6, 6.07) is 11.6. The highest BCUT2D eigenvalue weighted by Gasteiger charge is 2.54. The molecule has 7 rings (SSSR count). The van der Waals surface area contributed by atoms with Gasteiger partial charge in [0.25, 0.3) is 11.5 Å². The lowest BCUT2D eigenvalue weighted by atomic mass is 9.15. The molecule has 15 heteroatoms. The number of anilines is 3. The maximum atomic E-state index is 14.3. The Balaban J connectivity index is 1.22. The van der Waals surface area contributed by atoms with Gasteiger partial charge >= 0.3 is 0 Å². The van der Waals surface area contributed by atoms with E-state index in [-0.39, 0.29) is 33.7 Å². The monoisotopic (exact) mass is 653 g/mol. The Morgan fingerprint density at radius 3 is 2.48 bits per heavy atom. The van der Waals surface area contributed by atoms with Crippen molar-refractivity contribution in [2.75, 3.05) is 36.9 Å². The van der Waals surface area contributed by atoms with Gasteiger partial charge in [0.05, 0.1) is 48.6 Å². The minimum absolute atomic E-state index is 0.000188. The number of likely N-dealkylation sites (N-methyl/N-ethyl adjacent to an activating group) is 1. The summed E-state index contributed by atoms with van der Waals surface area (Å²) in [6.45, 7) is 2.35. The number of carbonyl (C=O) groups excluding carboxylic acids is 1. The number of aryl methyl sites for hydroxylation is 1. The fourth-order valence-corrected chi connectivity index (χ4v) is 9.90. The molecule has 1 aromatic carbocycles. The number of aliphatic hydroxyl groups excluding tert-OH is 1. The van der Waals surface area contributed by atoms with Crippen LogP contribution in [0, 0.1) is 0 Å². The van der Waals surface area contributed by atoms with Crippen LogP contribution in [0.25, 0.3) is 11.1 Å². The van der Waals surface area contributed by atoms with E-state index in [1.165, 1.54) is 21.6 Å². The van der Waals surface area contributed by atoms with Gasteiger partial charge in [-0.15, -0.1) is 11.3 Å². The lowest BCUT2D eigenvalue weighted by molar-refractivity contribution is 0.0984. The molecule has 8 nitrogen and oxygen atoms in total. The normalized spacial score (nSPS) is 19.7. The Labute approximate surface area is 292 Å². The first-order valence-corrected chi connectivity index (χ1v) is 17.8. The number of thiophene rings is 1. The molecule has 0 unspecified atom stereocenters. The highest BCUT2D eigenvalue weighted by molar-refractivity contribution is 7.14. The van der Waals surface area contributed by atoms with Gasteiger partial charge in [0.2, 0.25) is 0 Å². The van der Waals surface area contributed by atoms with E-state index >= 15 is 0 Å². The maximum Gasteiger partial charge on any atom is 0.274 e. The Kier molecular flexibility index (Phi) is 8.00. The number of hydrogen-bond acceptors (Lipinski definition) is 7. The van der Waals surface area contributed by atoms with Crippen molar-refractivity contribution in [3.8, 4) is 11.1 Å². The largest absolute Gasteiger partial charge is 0.392 e. The van der Waals surface area contributed by atoms with Crippen molar-refractivity contribution in [2.45, 2.75) is 41.0 Å². The Bertz CT molecular complexity index is 2010. The molecule has 0 bridgehead atoms. The number of nitrogens with one attached hydrogen (secondary N) is 1. The van der Waals surface area contributed by atoms with Crippen LogP contribution in [0.3, 0.4) is 0 Å².